The summed E-state index contributed by atoms with van der Waals surface area (Å²) < 4.78 is 3.21. The van der Waals surface area contributed by atoms with Crippen molar-refractivity contribution in [2.24, 2.45) is 0 Å². The summed E-state index contributed by atoms with van der Waals surface area (Å²) in [7, 11) is 0. The molecule has 0 spiro atoms. The second kappa shape index (κ2) is 7.78. The number of aromatic nitrogens is 3. The molecule has 27 heavy (non-hydrogen) atoms. The number of carbonyl (C=O) groups excluding carboxylic acids is 1. The summed E-state index contributed by atoms with van der Waals surface area (Å²) >= 11 is 1.87. The van der Waals surface area contributed by atoms with Crippen LogP contribution in [0.1, 0.15) is 48.1 Å². The van der Waals surface area contributed by atoms with Crippen molar-refractivity contribution in [1.82, 2.24) is 25.2 Å². The van der Waals surface area contributed by atoms with Gasteiger partial charge < -0.3 is 5.32 Å². The molecule has 0 bridgehead atoms. The number of nitrogens with zero attached hydrogens (tertiary/aromatic N) is 4. The predicted octanol–water partition coefficient (Wildman–Crippen LogP) is 3.47. The molecule has 0 unspecified atom stereocenters. The summed E-state index contributed by atoms with van der Waals surface area (Å²) in [4.78, 5) is 16.0. The third-order valence-electron chi connectivity index (χ3n) is 4.87. The molecule has 6 nitrogen and oxygen atoms in total. The van der Waals surface area contributed by atoms with Crippen LogP contribution in [0.25, 0.3) is 10.1 Å². The van der Waals surface area contributed by atoms with Gasteiger partial charge in [0.25, 0.3) is 5.91 Å². The van der Waals surface area contributed by atoms with Crippen molar-refractivity contribution in [3.63, 3.8) is 0 Å². The fourth-order valence-corrected chi connectivity index (χ4v) is 4.73. The van der Waals surface area contributed by atoms with E-state index < -0.39 is 0 Å². The largest absolute Gasteiger partial charge is 0.348 e. The average molecular weight is 384 g/mol. The second-order valence-corrected chi connectivity index (χ2v) is 8.66. The van der Waals surface area contributed by atoms with E-state index in [0.29, 0.717) is 5.69 Å². The summed E-state index contributed by atoms with van der Waals surface area (Å²) in [5.41, 5.74) is 0.394. The highest BCUT2D eigenvalue weighted by Crippen LogP contribution is 2.28. The Bertz CT molecular complexity index is 898. The Morgan fingerprint density at radius 1 is 1.37 bits per heavy atom. The van der Waals surface area contributed by atoms with Gasteiger partial charge in [-0.05, 0) is 50.8 Å². The maximum atomic E-state index is 12.1. The average Bonchev–Trinajstić information content (AvgIpc) is 3.28. The van der Waals surface area contributed by atoms with Gasteiger partial charge in [0.15, 0.2) is 5.69 Å². The molecule has 0 aliphatic carbocycles. The fraction of sp³-hybridized carbons (Fsp3) is 0.450. The minimum absolute atomic E-state index is 0.0918. The summed E-state index contributed by atoms with van der Waals surface area (Å²) in [6.45, 7) is 6.87. The summed E-state index contributed by atoms with van der Waals surface area (Å²) in [6.07, 6.45) is 3.98. The molecule has 0 radical (unpaired) electrons. The number of rotatable bonds is 5. The third kappa shape index (κ3) is 4.20. The first kappa shape index (κ1) is 18.1. The first-order valence-corrected chi connectivity index (χ1v) is 10.3. The van der Waals surface area contributed by atoms with Gasteiger partial charge in [-0.15, -0.1) is 16.4 Å². The number of benzene rings is 1. The zero-order valence-electron chi connectivity index (χ0n) is 15.8. The van der Waals surface area contributed by atoms with Gasteiger partial charge in [-0.25, -0.2) is 4.68 Å². The van der Waals surface area contributed by atoms with Crippen LogP contribution >= 0.6 is 11.3 Å². The lowest BCUT2D eigenvalue weighted by atomic mass is 10.1. The SMILES string of the molecule is CC(C)NC(=O)c1cn([C@H]2CCCN(Cc3cc4ccccc4s3)C2)nn1. The summed E-state index contributed by atoms with van der Waals surface area (Å²) in [6, 6.07) is 11.2. The lowest BCUT2D eigenvalue weighted by molar-refractivity contribution is 0.0938. The van der Waals surface area contributed by atoms with Crippen LogP contribution < -0.4 is 5.32 Å². The number of hydrogen-bond donors (Lipinski definition) is 1. The number of fused-ring (bicyclic) bond motifs is 1. The molecular formula is C20H25N5OS. The second-order valence-electron chi connectivity index (χ2n) is 7.49. The van der Waals surface area contributed by atoms with E-state index in [0.717, 1.165) is 32.5 Å². The molecule has 0 saturated carbocycles. The molecule has 1 N–H and O–H groups in total. The van der Waals surface area contributed by atoms with Crippen LogP contribution in [0.4, 0.5) is 0 Å². The van der Waals surface area contributed by atoms with Crippen molar-refractivity contribution in [3.05, 3.63) is 47.1 Å². The highest BCUT2D eigenvalue weighted by Gasteiger charge is 2.24. The highest BCUT2D eigenvalue weighted by atomic mass is 32.1. The van der Waals surface area contributed by atoms with Crippen LogP contribution in [0.2, 0.25) is 0 Å². The van der Waals surface area contributed by atoms with E-state index in [9.17, 15) is 4.79 Å². The number of likely N-dealkylation sites (tertiary alicyclic amines) is 1. The maximum Gasteiger partial charge on any atom is 0.273 e. The van der Waals surface area contributed by atoms with Crippen LogP contribution in [0.3, 0.4) is 0 Å². The van der Waals surface area contributed by atoms with Crippen molar-refractivity contribution in [3.8, 4) is 0 Å². The molecule has 1 fully saturated rings. The Morgan fingerprint density at radius 2 is 2.22 bits per heavy atom. The van der Waals surface area contributed by atoms with Crippen molar-refractivity contribution < 1.29 is 4.79 Å². The number of carbonyl (C=O) groups is 1. The zero-order valence-corrected chi connectivity index (χ0v) is 16.6. The molecule has 2 aromatic heterocycles. The number of thiophene rings is 1. The van der Waals surface area contributed by atoms with Crippen molar-refractivity contribution >= 4 is 27.3 Å². The molecule has 7 heteroatoms. The van der Waals surface area contributed by atoms with E-state index in [1.165, 1.54) is 15.0 Å². The lowest BCUT2D eigenvalue weighted by Gasteiger charge is -2.32. The third-order valence-corrected chi connectivity index (χ3v) is 5.97. The zero-order chi connectivity index (χ0) is 18.8. The molecule has 3 heterocycles. The number of nitrogens with one attached hydrogen (secondary N) is 1. The van der Waals surface area contributed by atoms with E-state index in [2.05, 4.69) is 50.9 Å². The van der Waals surface area contributed by atoms with Crippen LogP contribution in [-0.4, -0.2) is 44.9 Å². The standard InChI is InChI=1S/C20H25N5OS/c1-14(2)21-20(26)18-13-25(23-22-18)16-7-5-9-24(11-16)12-17-10-15-6-3-4-8-19(15)27-17/h3-4,6,8,10,13-14,16H,5,7,9,11-12H2,1-2H3,(H,21,26)/t16-/m0/s1. The minimum Gasteiger partial charge on any atom is -0.348 e. The van der Waals surface area contributed by atoms with Gasteiger partial charge in [0, 0.05) is 28.7 Å². The predicted molar refractivity (Wildman–Crippen MR) is 108 cm³/mol. The van der Waals surface area contributed by atoms with Gasteiger partial charge in [-0.3, -0.25) is 9.69 Å². The molecule has 1 aliphatic rings. The number of piperidine rings is 1. The van der Waals surface area contributed by atoms with Crippen LogP contribution in [-0.2, 0) is 6.54 Å². The van der Waals surface area contributed by atoms with E-state index in [-0.39, 0.29) is 18.0 Å². The first-order valence-electron chi connectivity index (χ1n) is 9.51. The highest BCUT2D eigenvalue weighted by molar-refractivity contribution is 7.19. The van der Waals surface area contributed by atoms with Crippen molar-refractivity contribution in [2.75, 3.05) is 13.1 Å². The van der Waals surface area contributed by atoms with Crippen LogP contribution in [0, 0.1) is 0 Å². The van der Waals surface area contributed by atoms with E-state index in [1.807, 2.05) is 29.9 Å². The monoisotopic (exact) mass is 383 g/mol. The topological polar surface area (TPSA) is 63.1 Å². The molecule has 1 saturated heterocycles. The number of hydrogen-bond acceptors (Lipinski definition) is 5. The fourth-order valence-electron chi connectivity index (χ4n) is 3.62. The lowest BCUT2D eigenvalue weighted by Crippen LogP contribution is -2.36. The molecule has 1 amide bonds. The van der Waals surface area contributed by atoms with Gasteiger partial charge in [-0.1, -0.05) is 23.4 Å². The molecule has 4 rings (SSSR count). The molecular weight excluding hydrogens is 358 g/mol. The van der Waals surface area contributed by atoms with Crippen molar-refractivity contribution in [1.29, 1.82) is 0 Å². The Hall–Kier alpha value is -2.25. The van der Waals surface area contributed by atoms with Crippen molar-refractivity contribution in [2.45, 2.75) is 45.3 Å². The van der Waals surface area contributed by atoms with E-state index in [1.54, 1.807) is 6.20 Å². The smallest absolute Gasteiger partial charge is 0.273 e. The quantitative estimate of drug-likeness (QED) is 0.733. The summed E-state index contributed by atoms with van der Waals surface area (Å²) in [5, 5.41) is 12.5. The normalized spacial score (nSPS) is 18.3. The van der Waals surface area contributed by atoms with Gasteiger partial charge in [0.05, 0.1) is 12.2 Å². The Labute approximate surface area is 163 Å². The van der Waals surface area contributed by atoms with Gasteiger partial charge in [0.2, 0.25) is 0 Å². The summed E-state index contributed by atoms with van der Waals surface area (Å²) in [5.74, 6) is -0.158. The first-order chi connectivity index (χ1) is 13.1. The molecule has 3 aromatic rings. The van der Waals surface area contributed by atoms with Crippen LogP contribution in [0.5, 0.6) is 0 Å². The van der Waals surface area contributed by atoms with E-state index >= 15 is 0 Å². The maximum absolute atomic E-state index is 12.1. The number of amides is 1. The molecule has 1 aromatic carbocycles. The minimum atomic E-state index is -0.158. The molecule has 1 atom stereocenters. The molecule has 1 aliphatic heterocycles. The van der Waals surface area contributed by atoms with Gasteiger partial charge in [0.1, 0.15) is 0 Å². The van der Waals surface area contributed by atoms with Gasteiger partial charge in [-0.2, -0.15) is 0 Å². The Kier molecular flexibility index (Phi) is 5.22. The molecule has 142 valence electrons. The van der Waals surface area contributed by atoms with E-state index in [4.69, 9.17) is 0 Å². The Balaban J connectivity index is 1.42. The van der Waals surface area contributed by atoms with Crippen LogP contribution in [0.15, 0.2) is 36.5 Å². The Morgan fingerprint density at radius 3 is 3.04 bits per heavy atom. The van der Waals surface area contributed by atoms with Gasteiger partial charge >= 0.3 is 0 Å².